The van der Waals surface area contributed by atoms with Crippen molar-refractivity contribution in [1.29, 1.82) is 0 Å². The van der Waals surface area contributed by atoms with Crippen LogP contribution in [-0.2, 0) is 16.0 Å². The number of nitrogens with one attached hydrogen (secondary N) is 1. The van der Waals surface area contributed by atoms with E-state index in [1.807, 2.05) is 6.92 Å². The summed E-state index contributed by atoms with van der Waals surface area (Å²) < 4.78 is 4.85. The zero-order valence-corrected chi connectivity index (χ0v) is 12.6. The van der Waals surface area contributed by atoms with Gasteiger partial charge in [0, 0.05) is 18.4 Å². The first-order chi connectivity index (χ1) is 10.6. The number of benzene rings is 1. The number of hydrogen-bond donors (Lipinski definition) is 2. The molecule has 0 bridgehead atoms. The number of methoxy groups -OCH3 is 1. The van der Waals surface area contributed by atoms with Crippen molar-refractivity contribution in [2.24, 2.45) is 5.92 Å². The molecule has 1 unspecified atom stereocenters. The number of aromatic nitrogens is 2. The fourth-order valence-corrected chi connectivity index (χ4v) is 2.07. The van der Waals surface area contributed by atoms with Crippen LogP contribution in [0.5, 0.6) is 5.75 Å². The smallest absolute Gasteiger partial charge is 0.310 e. The molecular formula is C16H19N3O3. The van der Waals surface area contributed by atoms with Gasteiger partial charge in [-0.25, -0.2) is 9.97 Å². The highest BCUT2D eigenvalue weighted by atomic mass is 16.5. The number of anilines is 1. The van der Waals surface area contributed by atoms with E-state index in [4.69, 9.17) is 4.74 Å². The van der Waals surface area contributed by atoms with Crippen molar-refractivity contribution >= 4 is 11.9 Å². The summed E-state index contributed by atoms with van der Waals surface area (Å²) in [5, 5.41) is 12.4. The first-order valence-corrected chi connectivity index (χ1v) is 6.97. The molecule has 1 atom stereocenters. The van der Waals surface area contributed by atoms with Crippen LogP contribution < -0.4 is 5.32 Å². The summed E-state index contributed by atoms with van der Waals surface area (Å²) in [6, 6.07) is 8.57. The van der Waals surface area contributed by atoms with Crippen molar-refractivity contribution in [3.8, 4) is 5.75 Å². The van der Waals surface area contributed by atoms with E-state index < -0.39 is 0 Å². The number of rotatable bonds is 6. The fraction of sp³-hybridized carbons (Fsp3) is 0.312. The molecule has 0 aliphatic rings. The molecule has 0 saturated heterocycles. The van der Waals surface area contributed by atoms with Crippen molar-refractivity contribution in [2.75, 3.05) is 19.0 Å². The van der Waals surface area contributed by atoms with E-state index in [2.05, 4.69) is 15.3 Å². The van der Waals surface area contributed by atoms with E-state index in [1.165, 1.54) is 7.11 Å². The maximum atomic E-state index is 11.9. The second-order valence-corrected chi connectivity index (χ2v) is 4.99. The molecule has 1 aromatic heterocycles. The number of hydrogen-bond acceptors (Lipinski definition) is 6. The second kappa shape index (κ2) is 7.40. The van der Waals surface area contributed by atoms with Crippen LogP contribution in [-0.4, -0.2) is 34.7 Å². The molecule has 2 rings (SSSR count). The molecule has 1 heterocycles. The Bertz CT molecular complexity index is 629. The molecule has 0 radical (unpaired) electrons. The number of carbonyl (C=O) groups is 1. The Balaban J connectivity index is 2.03. The molecular weight excluding hydrogens is 282 g/mol. The van der Waals surface area contributed by atoms with Crippen molar-refractivity contribution < 1.29 is 14.6 Å². The minimum atomic E-state index is -0.362. The van der Waals surface area contributed by atoms with Gasteiger partial charge in [-0.15, -0.1) is 0 Å². The summed E-state index contributed by atoms with van der Waals surface area (Å²) in [6.45, 7) is 2.25. The standard InChI is InChI=1S/C16H19N3O3/c1-11-7-8-17-16(19-11)18-10-13(15(21)22-2)9-12-3-5-14(20)6-4-12/h3-8,13,20H,9-10H2,1-2H3,(H,17,18,19). The van der Waals surface area contributed by atoms with Crippen LogP contribution in [0.1, 0.15) is 11.3 Å². The van der Waals surface area contributed by atoms with Crippen LogP contribution in [0.25, 0.3) is 0 Å². The zero-order valence-electron chi connectivity index (χ0n) is 12.6. The monoisotopic (exact) mass is 301 g/mol. The number of carbonyl (C=O) groups excluding carboxylic acids is 1. The van der Waals surface area contributed by atoms with E-state index in [0.717, 1.165) is 11.3 Å². The topological polar surface area (TPSA) is 84.3 Å². The molecule has 6 heteroatoms. The Morgan fingerprint density at radius 3 is 2.68 bits per heavy atom. The molecule has 0 amide bonds. The van der Waals surface area contributed by atoms with Gasteiger partial charge in [0.1, 0.15) is 5.75 Å². The van der Waals surface area contributed by atoms with E-state index in [1.54, 1.807) is 36.5 Å². The lowest BCUT2D eigenvalue weighted by Crippen LogP contribution is -2.27. The second-order valence-electron chi connectivity index (χ2n) is 4.99. The van der Waals surface area contributed by atoms with Crippen LogP contribution in [0.4, 0.5) is 5.95 Å². The number of esters is 1. The third-order valence-electron chi connectivity index (χ3n) is 3.25. The van der Waals surface area contributed by atoms with E-state index in [0.29, 0.717) is 18.9 Å². The molecule has 0 saturated carbocycles. The molecule has 0 fully saturated rings. The molecule has 2 N–H and O–H groups in total. The van der Waals surface area contributed by atoms with Crippen molar-refractivity contribution in [2.45, 2.75) is 13.3 Å². The molecule has 0 aliphatic carbocycles. The minimum Gasteiger partial charge on any atom is -0.508 e. The van der Waals surface area contributed by atoms with E-state index >= 15 is 0 Å². The Kier molecular flexibility index (Phi) is 5.30. The Morgan fingerprint density at radius 1 is 1.32 bits per heavy atom. The number of ether oxygens (including phenoxy) is 1. The highest BCUT2D eigenvalue weighted by Crippen LogP contribution is 2.15. The van der Waals surface area contributed by atoms with Gasteiger partial charge in [0.25, 0.3) is 0 Å². The molecule has 116 valence electrons. The van der Waals surface area contributed by atoms with E-state index in [9.17, 15) is 9.90 Å². The lowest BCUT2D eigenvalue weighted by atomic mass is 9.99. The fourth-order valence-electron chi connectivity index (χ4n) is 2.07. The van der Waals surface area contributed by atoms with Gasteiger partial charge < -0.3 is 15.2 Å². The van der Waals surface area contributed by atoms with Crippen molar-refractivity contribution in [1.82, 2.24) is 9.97 Å². The van der Waals surface area contributed by atoms with Crippen molar-refractivity contribution in [3.63, 3.8) is 0 Å². The summed E-state index contributed by atoms with van der Waals surface area (Å²) >= 11 is 0. The molecule has 22 heavy (non-hydrogen) atoms. The molecule has 2 aromatic rings. The maximum Gasteiger partial charge on any atom is 0.310 e. The lowest BCUT2D eigenvalue weighted by molar-refractivity contribution is -0.144. The van der Waals surface area contributed by atoms with E-state index in [-0.39, 0.29) is 17.6 Å². The number of phenols is 1. The van der Waals surface area contributed by atoms with Crippen LogP contribution in [0, 0.1) is 12.8 Å². The Labute approximate surface area is 129 Å². The predicted molar refractivity (Wildman–Crippen MR) is 82.6 cm³/mol. The quantitative estimate of drug-likeness (QED) is 0.793. The average Bonchev–Trinajstić information content (AvgIpc) is 2.52. The SMILES string of the molecule is COC(=O)C(CNc1nccc(C)n1)Cc1ccc(O)cc1. The lowest BCUT2D eigenvalue weighted by Gasteiger charge is -2.15. The third kappa shape index (κ3) is 4.44. The number of phenolic OH excluding ortho intramolecular Hbond substituents is 1. The predicted octanol–water partition coefficient (Wildman–Crippen LogP) is 1.93. The molecule has 0 spiro atoms. The van der Waals surface area contributed by atoms with Gasteiger partial charge in [0.15, 0.2) is 0 Å². The van der Waals surface area contributed by atoms with Crippen LogP contribution in [0.3, 0.4) is 0 Å². The number of aromatic hydroxyl groups is 1. The van der Waals surface area contributed by atoms with Gasteiger partial charge in [-0.2, -0.15) is 0 Å². The summed E-state index contributed by atoms with van der Waals surface area (Å²) in [5.74, 6) is 0.0242. The van der Waals surface area contributed by atoms with Crippen LogP contribution >= 0.6 is 0 Å². The van der Waals surface area contributed by atoms with Crippen molar-refractivity contribution in [3.05, 3.63) is 47.8 Å². The van der Waals surface area contributed by atoms with Gasteiger partial charge in [-0.1, -0.05) is 12.1 Å². The summed E-state index contributed by atoms with van der Waals surface area (Å²) in [7, 11) is 1.37. The Morgan fingerprint density at radius 2 is 2.05 bits per heavy atom. The van der Waals surface area contributed by atoms with Crippen LogP contribution in [0.15, 0.2) is 36.5 Å². The highest BCUT2D eigenvalue weighted by Gasteiger charge is 2.20. The van der Waals surface area contributed by atoms with Crippen LogP contribution in [0.2, 0.25) is 0 Å². The van der Waals surface area contributed by atoms with Gasteiger partial charge >= 0.3 is 5.97 Å². The average molecular weight is 301 g/mol. The largest absolute Gasteiger partial charge is 0.508 e. The highest BCUT2D eigenvalue weighted by molar-refractivity contribution is 5.73. The normalized spacial score (nSPS) is 11.7. The minimum absolute atomic E-state index is 0.199. The molecule has 6 nitrogen and oxygen atoms in total. The molecule has 0 aliphatic heterocycles. The van der Waals surface area contributed by atoms with Gasteiger partial charge in [0.05, 0.1) is 13.0 Å². The summed E-state index contributed by atoms with van der Waals surface area (Å²) in [5.41, 5.74) is 1.80. The van der Waals surface area contributed by atoms with Gasteiger partial charge in [0.2, 0.25) is 5.95 Å². The summed E-state index contributed by atoms with van der Waals surface area (Å²) in [6.07, 6.45) is 2.17. The maximum absolute atomic E-state index is 11.9. The van der Waals surface area contributed by atoms with Gasteiger partial charge in [-0.05, 0) is 37.1 Å². The number of aryl methyl sites for hydroxylation is 1. The first kappa shape index (κ1) is 15.8. The Hall–Kier alpha value is -2.63. The third-order valence-corrected chi connectivity index (χ3v) is 3.25. The molecule has 1 aromatic carbocycles. The zero-order chi connectivity index (χ0) is 15.9. The first-order valence-electron chi connectivity index (χ1n) is 6.97. The van der Waals surface area contributed by atoms with Gasteiger partial charge in [-0.3, -0.25) is 4.79 Å². The summed E-state index contributed by atoms with van der Waals surface area (Å²) in [4.78, 5) is 20.3. The number of nitrogens with zero attached hydrogens (tertiary/aromatic N) is 2.